The fraction of sp³-hybridized carbons (Fsp3) is 0.571. The Kier molecular flexibility index (Phi) is 11.0. The number of hydrogen-bond donors (Lipinski definition) is 3. The van der Waals surface area contributed by atoms with Crippen molar-refractivity contribution < 1.29 is 9.59 Å². The number of carbonyl (C=O) groups is 2. The Morgan fingerprint density at radius 2 is 1.86 bits per heavy atom. The maximum atomic E-state index is 11.9. The van der Waals surface area contributed by atoms with E-state index in [1.807, 2.05) is 19.2 Å². The quantitative estimate of drug-likeness (QED) is 0.281. The highest BCUT2D eigenvalue weighted by molar-refractivity contribution is 14.0. The number of rotatable bonds is 8. The van der Waals surface area contributed by atoms with E-state index < -0.39 is 5.91 Å². The zero-order chi connectivity index (χ0) is 20.5. The van der Waals surface area contributed by atoms with Crippen molar-refractivity contribution >= 4 is 41.8 Å². The third-order valence-corrected chi connectivity index (χ3v) is 5.54. The van der Waals surface area contributed by atoms with Crippen LogP contribution in [0.15, 0.2) is 29.3 Å². The van der Waals surface area contributed by atoms with Gasteiger partial charge in [-0.1, -0.05) is 38.8 Å². The highest BCUT2D eigenvalue weighted by Gasteiger charge is 2.29. The standard InChI is InChI=1S/C21H33N5O2.HI/c1-4-16(5-2)18-10-11-26(14-18)21(23-3)25-12-15-6-8-17(9-7-15)20(28)24-13-19(22)27;/h6-9,16,18H,4-5,10-14H2,1-3H3,(H2,22,27)(H,23,25)(H,24,28);1H. The monoisotopic (exact) mass is 515 g/mol. The van der Waals surface area contributed by atoms with Crippen LogP contribution in [0.2, 0.25) is 0 Å². The van der Waals surface area contributed by atoms with Crippen molar-refractivity contribution in [2.24, 2.45) is 22.6 Å². The molecule has 0 bridgehead atoms. The molecule has 1 saturated heterocycles. The van der Waals surface area contributed by atoms with Gasteiger partial charge in [0.1, 0.15) is 0 Å². The second kappa shape index (κ2) is 12.7. The molecule has 7 nitrogen and oxygen atoms in total. The van der Waals surface area contributed by atoms with Crippen molar-refractivity contribution in [1.82, 2.24) is 15.5 Å². The maximum Gasteiger partial charge on any atom is 0.251 e. The van der Waals surface area contributed by atoms with Crippen molar-refractivity contribution in [2.45, 2.75) is 39.7 Å². The Morgan fingerprint density at radius 1 is 1.21 bits per heavy atom. The molecule has 0 aromatic heterocycles. The molecule has 1 aromatic carbocycles. The van der Waals surface area contributed by atoms with Gasteiger partial charge < -0.3 is 21.3 Å². The van der Waals surface area contributed by atoms with Gasteiger partial charge in [-0.3, -0.25) is 14.6 Å². The van der Waals surface area contributed by atoms with E-state index in [9.17, 15) is 9.59 Å². The zero-order valence-electron chi connectivity index (χ0n) is 17.6. The molecule has 1 atom stereocenters. The molecule has 0 radical (unpaired) electrons. The molecule has 2 rings (SSSR count). The van der Waals surface area contributed by atoms with Gasteiger partial charge in [-0.05, 0) is 36.0 Å². The van der Waals surface area contributed by atoms with Crippen molar-refractivity contribution in [3.8, 4) is 0 Å². The normalized spacial score (nSPS) is 16.5. The molecule has 1 aliphatic rings. The minimum absolute atomic E-state index is 0. The van der Waals surface area contributed by atoms with Crippen LogP contribution in [0.3, 0.4) is 0 Å². The van der Waals surface area contributed by atoms with Crippen molar-refractivity contribution in [3.05, 3.63) is 35.4 Å². The van der Waals surface area contributed by atoms with Gasteiger partial charge in [0.05, 0.1) is 6.54 Å². The van der Waals surface area contributed by atoms with Crippen LogP contribution in [0.5, 0.6) is 0 Å². The lowest BCUT2D eigenvalue weighted by Gasteiger charge is -2.24. The molecular formula is C21H34IN5O2. The van der Waals surface area contributed by atoms with E-state index in [0.29, 0.717) is 12.1 Å². The molecule has 0 saturated carbocycles. The van der Waals surface area contributed by atoms with Gasteiger partial charge in [-0.25, -0.2) is 0 Å². The largest absolute Gasteiger partial charge is 0.368 e. The smallest absolute Gasteiger partial charge is 0.251 e. The molecule has 1 heterocycles. The first kappa shape index (κ1) is 25.2. The number of nitrogens with zero attached hydrogens (tertiary/aromatic N) is 2. The van der Waals surface area contributed by atoms with Gasteiger partial charge in [0.25, 0.3) is 5.91 Å². The molecule has 1 aliphatic heterocycles. The number of benzene rings is 1. The molecule has 8 heteroatoms. The Morgan fingerprint density at radius 3 is 2.41 bits per heavy atom. The summed E-state index contributed by atoms with van der Waals surface area (Å²) in [4.78, 5) is 29.5. The average Bonchev–Trinajstić information content (AvgIpc) is 3.17. The first-order valence-corrected chi connectivity index (χ1v) is 10.1. The number of hydrogen-bond acceptors (Lipinski definition) is 3. The Bertz CT molecular complexity index is 689. The Hall–Kier alpha value is -1.84. The van der Waals surface area contributed by atoms with Gasteiger partial charge in [0, 0.05) is 32.2 Å². The molecule has 4 N–H and O–H groups in total. The number of nitrogens with one attached hydrogen (secondary N) is 2. The van der Waals surface area contributed by atoms with Crippen molar-refractivity contribution in [3.63, 3.8) is 0 Å². The van der Waals surface area contributed by atoms with Crippen LogP contribution in [0.25, 0.3) is 0 Å². The highest BCUT2D eigenvalue weighted by Crippen LogP contribution is 2.28. The van der Waals surface area contributed by atoms with E-state index in [-0.39, 0.29) is 36.4 Å². The second-order valence-corrected chi connectivity index (χ2v) is 7.32. The van der Waals surface area contributed by atoms with E-state index in [1.165, 1.54) is 19.3 Å². The van der Waals surface area contributed by atoms with Crippen LogP contribution in [-0.4, -0.2) is 49.4 Å². The summed E-state index contributed by atoms with van der Waals surface area (Å²) in [5.41, 5.74) is 6.60. The number of primary amides is 1. The van der Waals surface area contributed by atoms with Gasteiger partial charge in [-0.15, -0.1) is 24.0 Å². The Labute approximate surface area is 190 Å². The number of likely N-dealkylation sites (tertiary alicyclic amines) is 1. The van der Waals surface area contributed by atoms with Crippen molar-refractivity contribution in [2.75, 3.05) is 26.7 Å². The fourth-order valence-electron chi connectivity index (χ4n) is 3.88. The van der Waals surface area contributed by atoms with Gasteiger partial charge >= 0.3 is 0 Å². The van der Waals surface area contributed by atoms with E-state index in [4.69, 9.17) is 5.73 Å². The lowest BCUT2D eigenvalue weighted by Crippen LogP contribution is -2.40. The number of halogens is 1. The summed E-state index contributed by atoms with van der Waals surface area (Å²) in [6.45, 7) is 7.14. The van der Waals surface area contributed by atoms with Gasteiger partial charge in [0.2, 0.25) is 5.91 Å². The van der Waals surface area contributed by atoms with Crippen molar-refractivity contribution in [1.29, 1.82) is 0 Å². The van der Waals surface area contributed by atoms with E-state index in [1.54, 1.807) is 12.1 Å². The molecule has 1 unspecified atom stereocenters. The first-order chi connectivity index (χ1) is 13.5. The van der Waals surface area contributed by atoms with E-state index >= 15 is 0 Å². The zero-order valence-corrected chi connectivity index (χ0v) is 19.9. The topological polar surface area (TPSA) is 99.8 Å². The number of guanidine groups is 1. The molecule has 1 fully saturated rings. The van der Waals surface area contributed by atoms with Crippen LogP contribution in [0, 0.1) is 11.8 Å². The lowest BCUT2D eigenvalue weighted by molar-refractivity contribution is -0.117. The van der Waals surface area contributed by atoms with E-state index in [0.717, 1.165) is 36.4 Å². The molecule has 29 heavy (non-hydrogen) atoms. The molecule has 2 amide bonds. The minimum Gasteiger partial charge on any atom is -0.368 e. The summed E-state index contributed by atoms with van der Waals surface area (Å²) >= 11 is 0. The fourth-order valence-corrected chi connectivity index (χ4v) is 3.88. The molecule has 0 aliphatic carbocycles. The minimum atomic E-state index is -0.561. The number of aliphatic imine (C=N–C) groups is 1. The van der Waals surface area contributed by atoms with Crippen LogP contribution in [0.4, 0.5) is 0 Å². The van der Waals surface area contributed by atoms with E-state index in [2.05, 4.69) is 34.4 Å². The number of carbonyl (C=O) groups excluding carboxylic acids is 2. The van der Waals surface area contributed by atoms with Crippen LogP contribution < -0.4 is 16.4 Å². The highest BCUT2D eigenvalue weighted by atomic mass is 127. The second-order valence-electron chi connectivity index (χ2n) is 7.32. The summed E-state index contributed by atoms with van der Waals surface area (Å²) in [5.74, 6) is 1.59. The molecular weight excluding hydrogens is 481 g/mol. The summed E-state index contributed by atoms with van der Waals surface area (Å²) in [6.07, 6.45) is 3.70. The van der Waals surface area contributed by atoms with Gasteiger partial charge in [0.15, 0.2) is 5.96 Å². The number of amides is 2. The molecule has 1 aromatic rings. The lowest BCUT2D eigenvalue weighted by atomic mass is 9.87. The van der Waals surface area contributed by atoms with Crippen LogP contribution in [0.1, 0.15) is 49.0 Å². The summed E-state index contributed by atoms with van der Waals surface area (Å²) < 4.78 is 0. The molecule has 0 spiro atoms. The third kappa shape index (κ3) is 7.49. The first-order valence-electron chi connectivity index (χ1n) is 10.1. The summed E-state index contributed by atoms with van der Waals surface area (Å²) in [7, 11) is 1.82. The van der Waals surface area contributed by atoms with Gasteiger partial charge in [-0.2, -0.15) is 0 Å². The Balaban J connectivity index is 0.00000420. The predicted octanol–water partition coefficient (Wildman–Crippen LogP) is 2.35. The van der Waals surface area contributed by atoms with Crippen LogP contribution in [-0.2, 0) is 11.3 Å². The summed E-state index contributed by atoms with van der Waals surface area (Å²) in [5, 5.41) is 5.91. The predicted molar refractivity (Wildman–Crippen MR) is 127 cm³/mol. The van der Waals surface area contributed by atoms with Crippen LogP contribution >= 0.6 is 24.0 Å². The SMILES string of the molecule is CCC(CC)C1CCN(C(=NC)NCc2ccc(C(=O)NCC(N)=O)cc2)C1.I. The maximum absolute atomic E-state index is 11.9. The average molecular weight is 515 g/mol. The summed E-state index contributed by atoms with van der Waals surface area (Å²) in [6, 6.07) is 7.29. The number of nitrogens with two attached hydrogens (primary N) is 1. The molecule has 162 valence electrons. The third-order valence-electron chi connectivity index (χ3n) is 5.54.